The summed E-state index contributed by atoms with van der Waals surface area (Å²) in [6.07, 6.45) is 7.52. The number of nitrogens with zero attached hydrogens (tertiary/aromatic N) is 3. The first-order chi connectivity index (χ1) is 21.9. The number of benzene rings is 1. The number of anilines is 2. The van der Waals surface area contributed by atoms with Crippen molar-refractivity contribution in [1.29, 1.82) is 0 Å². The number of hydrogen-bond donors (Lipinski definition) is 5. The zero-order chi connectivity index (χ0) is 31.8. The van der Waals surface area contributed by atoms with Crippen molar-refractivity contribution in [3.63, 3.8) is 0 Å². The molecule has 1 aromatic carbocycles. The molecule has 0 radical (unpaired) electrons. The number of carbonyl (C=O) groups excluding carboxylic acids is 3. The maximum Gasteiger partial charge on any atom is 0.307 e. The van der Waals surface area contributed by atoms with Gasteiger partial charge in [0.15, 0.2) is 6.73 Å². The molecule has 0 atom stereocenters. The summed E-state index contributed by atoms with van der Waals surface area (Å²) in [6.45, 7) is 4.40. The lowest BCUT2D eigenvalue weighted by molar-refractivity contribution is -0.143. The molecule has 0 bridgehead atoms. The summed E-state index contributed by atoms with van der Waals surface area (Å²) in [6, 6.07) is 7.80. The fourth-order valence-electron chi connectivity index (χ4n) is 5.79. The monoisotopic (exact) mass is 617 g/mol. The van der Waals surface area contributed by atoms with Gasteiger partial charge >= 0.3 is 5.97 Å². The normalized spacial score (nSPS) is 17.2. The number of carbonyl (C=O) groups is 3. The summed E-state index contributed by atoms with van der Waals surface area (Å²) in [5, 5.41) is 19.3. The van der Waals surface area contributed by atoms with Gasteiger partial charge in [-0.1, -0.05) is 19.1 Å². The van der Waals surface area contributed by atoms with Crippen molar-refractivity contribution < 1.29 is 24.2 Å². The van der Waals surface area contributed by atoms with E-state index in [4.69, 9.17) is 10.5 Å². The molecule has 45 heavy (non-hydrogen) atoms. The second-order valence-corrected chi connectivity index (χ2v) is 11.7. The topological polar surface area (TPSA) is 171 Å². The van der Waals surface area contributed by atoms with Crippen LogP contribution in [0.5, 0.6) is 0 Å². The predicted octanol–water partition coefficient (Wildman–Crippen LogP) is 2.47. The van der Waals surface area contributed by atoms with Crippen molar-refractivity contribution in [1.82, 2.24) is 15.2 Å². The van der Waals surface area contributed by atoms with Gasteiger partial charge in [-0.15, -0.1) is 0 Å². The molecule has 2 aliphatic heterocycles. The Morgan fingerprint density at radius 2 is 2.07 bits per heavy atom. The van der Waals surface area contributed by atoms with Crippen LogP contribution in [0, 0.1) is 0 Å². The third-order valence-electron chi connectivity index (χ3n) is 8.42. The fourth-order valence-corrected chi connectivity index (χ4v) is 5.79. The molecule has 0 unspecified atom stereocenters. The Labute approximate surface area is 263 Å². The van der Waals surface area contributed by atoms with Gasteiger partial charge < -0.3 is 36.4 Å². The second-order valence-electron chi connectivity index (χ2n) is 11.7. The number of rotatable bonds is 13. The van der Waals surface area contributed by atoms with Crippen LogP contribution in [-0.4, -0.2) is 78.1 Å². The number of amidine groups is 1. The fraction of sp³-hybridized carbons (Fsp3) is 0.485. The highest BCUT2D eigenvalue weighted by Crippen LogP contribution is 2.50. The Kier molecular flexibility index (Phi) is 10.6. The van der Waals surface area contributed by atoms with Crippen LogP contribution < -0.4 is 21.7 Å². The highest BCUT2D eigenvalue weighted by molar-refractivity contribution is 6.10. The molecule has 12 heteroatoms. The minimum Gasteiger partial charge on any atom is -0.442 e. The maximum atomic E-state index is 13.6. The lowest BCUT2D eigenvalue weighted by atomic mass is 9.92. The van der Waals surface area contributed by atoms with Gasteiger partial charge in [0.25, 0.3) is 0 Å². The molecule has 5 rings (SSSR count). The van der Waals surface area contributed by atoms with Gasteiger partial charge in [-0.2, -0.15) is 0 Å². The summed E-state index contributed by atoms with van der Waals surface area (Å²) in [4.78, 5) is 49.9. The standard InChI is InChI=1S/C33H43N7O5/c1-2-12-40(13-14-41)31(43)23-15-22-5-6-25(18-28(22)39-29(17-23)37-21-45-30(42)4-3-10-34)33(8-9-33)32(44)38-26-16-24-19-35-11-7-27(24)36-20-26/h5-6,15-16,18,20,35,41H,2-4,7-14,17,19,21,34H2,1H3,(H,37,39)(H,38,44). The number of ether oxygens (including phenoxy) is 1. The number of aliphatic hydroxyl groups excluding tert-OH is 1. The predicted molar refractivity (Wildman–Crippen MR) is 172 cm³/mol. The largest absolute Gasteiger partial charge is 0.442 e. The van der Waals surface area contributed by atoms with E-state index in [1.807, 2.05) is 37.3 Å². The molecule has 2 aromatic rings. The van der Waals surface area contributed by atoms with E-state index in [0.717, 1.165) is 48.3 Å². The van der Waals surface area contributed by atoms with Crippen LogP contribution in [0.15, 0.2) is 41.0 Å². The highest BCUT2D eigenvalue weighted by Gasteiger charge is 2.51. The average Bonchev–Trinajstić information content (AvgIpc) is 3.87. The summed E-state index contributed by atoms with van der Waals surface area (Å²) in [7, 11) is 0. The third-order valence-corrected chi connectivity index (χ3v) is 8.42. The van der Waals surface area contributed by atoms with Crippen LogP contribution in [0.1, 0.15) is 67.8 Å². The highest BCUT2D eigenvalue weighted by atomic mass is 16.5. The van der Waals surface area contributed by atoms with Gasteiger partial charge in [0, 0.05) is 62.4 Å². The van der Waals surface area contributed by atoms with E-state index in [9.17, 15) is 19.5 Å². The third kappa shape index (κ3) is 7.75. The number of hydrogen-bond acceptors (Lipinski definition) is 9. The molecule has 240 valence electrons. The molecule has 12 nitrogen and oxygen atoms in total. The van der Waals surface area contributed by atoms with Crippen LogP contribution in [-0.2, 0) is 37.5 Å². The Balaban J connectivity index is 1.40. The van der Waals surface area contributed by atoms with Gasteiger partial charge in [0.1, 0.15) is 5.84 Å². The number of pyridine rings is 1. The van der Waals surface area contributed by atoms with Crippen LogP contribution in [0.4, 0.5) is 11.4 Å². The first-order valence-electron chi connectivity index (χ1n) is 15.8. The van der Waals surface area contributed by atoms with E-state index in [2.05, 4.69) is 25.9 Å². The van der Waals surface area contributed by atoms with Crippen molar-refractivity contribution in [2.24, 2.45) is 10.7 Å². The first-order valence-corrected chi connectivity index (χ1v) is 15.8. The molecule has 2 amide bonds. The average molecular weight is 618 g/mol. The molecule has 1 aliphatic carbocycles. The van der Waals surface area contributed by atoms with E-state index in [-0.39, 0.29) is 44.5 Å². The Morgan fingerprint density at radius 1 is 1.22 bits per heavy atom. The molecule has 3 aliphatic rings. The molecule has 6 N–H and O–H groups in total. The smallest absolute Gasteiger partial charge is 0.307 e. The maximum absolute atomic E-state index is 13.6. The van der Waals surface area contributed by atoms with Crippen molar-refractivity contribution >= 4 is 41.1 Å². The molecular formula is C33H43N7O5. The molecule has 0 spiro atoms. The summed E-state index contributed by atoms with van der Waals surface area (Å²) < 4.78 is 5.27. The minimum absolute atomic E-state index is 0.0782. The second kappa shape index (κ2) is 14.8. The van der Waals surface area contributed by atoms with E-state index >= 15 is 0 Å². The molecular weight excluding hydrogens is 574 g/mol. The Morgan fingerprint density at radius 3 is 2.82 bits per heavy atom. The van der Waals surface area contributed by atoms with E-state index in [1.54, 1.807) is 11.1 Å². The van der Waals surface area contributed by atoms with Crippen molar-refractivity contribution in [2.45, 2.75) is 63.8 Å². The molecule has 1 fully saturated rings. The summed E-state index contributed by atoms with van der Waals surface area (Å²) in [5.41, 5.74) is 10.5. The Bertz CT molecular complexity index is 1480. The van der Waals surface area contributed by atoms with Gasteiger partial charge in [-0.05, 0) is 67.1 Å². The number of amides is 2. The van der Waals surface area contributed by atoms with Crippen molar-refractivity contribution in [2.75, 3.05) is 50.2 Å². The quantitative estimate of drug-likeness (QED) is 0.212. The zero-order valence-corrected chi connectivity index (χ0v) is 25.9. The van der Waals surface area contributed by atoms with Gasteiger partial charge in [-0.3, -0.25) is 19.4 Å². The number of aliphatic imine (C=N–C) groups is 1. The molecule has 3 heterocycles. The van der Waals surface area contributed by atoms with Crippen LogP contribution >= 0.6 is 0 Å². The van der Waals surface area contributed by atoms with Crippen LogP contribution in [0.2, 0.25) is 0 Å². The number of esters is 1. The number of nitrogens with two attached hydrogens (primary N) is 1. The van der Waals surface area contributed by atoms with Crippen LogP contribution in [0.3, 0.4) is 0 Å². The first kappa shape index (κ1) is 32.3. The van der Waals surface area contributed by atoms with Gasteiger partial charge in [-0.25, -0.2) is 4.99 Å². The molecule has 1 aromatic heterocycles. The SMILES string of the molecule is CCCN(CCO)C(=O)C1=Cc2ccc(C3(C(=O)Nc4cnc5c(c4)CNCC5)CC3)cc2N/C(=N/COC(=O)CCCN)C1. The lowest BCUT2D eigenvalue weighted by Gasteiger charge is -2.22. The number of aliphatic hydroxyl groups is 1. The van der Waals surface area contributed by atoms with E-state index < -0.39 is 11.4 Å². The summed E-state index contributed by atoms with van der Waals surface area (Å²) >= 11 is 0. The number of nitrogens with one attached hydrogen (secondary N) is 3. The molecule has 0 saturated heterocycles. The van der Waals surface area contributed by atoms with Crippen LogP contribution in [0.25, 0.3) is 6.08 Å². The van der Waals surface area contributed by atoms with Crippen molar-refractivity contribution in [3.05, 3.63) is 58.4 Å². The van der Waals surface area contributed by atoms with Crippen molar-refractivity contribution in [3.8, 4) is 0 Å². The number of aromatic nitrogens is 1. The Hall–Kier alpha value is -4.13. The van der Waals surface area contributed by atoms with E-state index in [0.29, 0.717) is 55.1 Å². The zero-order valence-electron chi connectivity index (χ0n) is 25.9. The van der Waals surface area contributed by atoms with Gasteiger partial charge in [0.2, 0.25) is 11.8 Å². The number of fused-ring (bicyclic) bond motifs is 2. The lowest BCUT2D eigenvalue weighted by Crippen LogP contribution is -2.35. The minimum atomic E-state index is -0.672. The van der Waals surface area contributed by atoms with Gasteiger partial charge in [0.05, 0.1) is 23.9 Å². The van der Waals surface area contributed by atoms with E-state index in [1.165, 1.54) is 0 Å². The molecule has 1 saturated carbocycles. The summed E-state index contributed by atoms with van der Waals surface area (Å²) in [5.74, 6) is -0.202.